The molecule has 130 valence electrons. The van der Waals surface area contributed by atoms with E-state index in [-0.39, 0.29) is 11.6 Å². The lowest BCUT2D eigenvalue weighted by Crippen LogP contribution is -2.57. The Labute approximate surface area is 143 Å². The second-order valence-corrected chi connectivity index (χ2v) is 10.2. The summed E-state index contributed by atoms with van der Waals surface area (Å²) in [4.78, 5) is 24.1. The van der Waals surface area contributed by atoms with Gasteiger partial charge in [0.2, 0.25) is 0 Å². The molecule has 6 aliphatic rings. The van der Waals surface area contributed by atoms with Gasteiger partial charge in [0.05, 0.1) is 6.42 Å². The third-order valence-corrected chi connectivity index (χ3v) is 9.62. The Balaban J connectivity index is 1.40. The summed E-state index contributed by atoms with van der Waals surface area (Å²) in [5.74, 6) is 5.54. The maximum Gasteiger partial charge on any atom is 0.306 e. The van der Waals surface area contributed by atoms with E-state index in [1.165, 1.54) is 25.7 Å². The van der Waals surface area contributed by atoms with Crippen molar-refractivity contribution in [1.29, 1.82) is 0 Å². The fourth-order valence-corrected chi connectivity index (χ4v) is 8.66. The summed E-state index contributed by atoms with van der Waals surface area (Å²) in [6, 6.07) is 0. The van der Waals surface area contributed by atoms with Crippen LogP contribution in [0.3, 0.4) is 0 Å². The number of fused-ring (bicyclic) bond motifs is 7. The van der Waals surface area contributed by atoms with Gasteiger partial charge in [0.1, 0.15) is 11.4 Å². The summed E-state index contributed by atoms with van der Waals surface area (Å²) in [5.41, 5.74) is 0.289. The van der Waals surface area contributed by atoms with E-state index >= 15 is 0 Å². The van der Waals surface area contributed by atoms with E-state index in [0.29, 0.717) is 35.4 Å². The molecule has 24 heavy (non-hydrogen) atoms. The third kappa shape index (κ3) is 1.52. The van der Waals surface area contributed by atoms with Crippen LogP contribution in [0.4, 0.5) is 0 Å². The monoisotopic (exact) mass is 328 g/mol. The summed E-state index contributed by atoms with van der Waals surface area (Å²) >= 11 is 0. The van der Waals surface area contributed by atoms with Gasteiger partial charge in [-0.25, -0.2) is 0 Å². The Hall–Kier alpha value is -0.860. The van der Waals surface area contributed by atoms with E-state index < -0.39 is 0 Å². The molecule has 3 nitrogen and oxygen atoms in total. The van der Waals surface area contributed by atoms with Crippen molar-refractivity contribution in [3.8, 4) is 0 Å². The van der Waals surface area contributed by atoms with E-state index in [0.717, 1.165) is 49.4 Å². The number of esters is 1. The normalized spacial score (nSPS) is 60.5. The van der Waals surface area contributed by atoms with Crippen LogP contribution in [0, 0.1) is 46.8 Å². The lowest BCUT2D eigenvalue weighted by atomic mass is 9.46. The van der Waals surface area contributed by atoms with Crippen molar-refractivity contribution in [1.82, 2.24) is 0 Å². The van der Waals surface area contributed by atoms with Crippen LogP contribution in [0.15, 0.2) is 0 Å². The number of hydrogen-bond donors (Lipinski definition) is 0. The summed E-state index contributed by atoms with van der Waals surface area (Å²) in [5, 5.41) is 0. The maximum absolute atomic E-state index is 12.1. The molecule has 0 amide bonds. The van der Waals surface area contributed by atoms with Crippen molar-refractivity contribution >= 4 is 11.8 Å². The van der Waals surface area contributed by atoms with Gasteiger partial charge >= 0.3 is 5.97 Å². The summed E-state index contributed by atoms with van der Waals surface area (Å²) in [6.45, 7) is 2.52. The molecule has 0 N–H and O–H groups in total. The highest BCUT2D eigenvalue weighted by molar-refractivity contribution is 5.80. The molecule has 9 unspecified atom stereocenters. The Morgan fingerprint density at radius 2 is 1.83 bits per heavy atom. The first-order chi connectivity index (χ1) is 11.5. The average Bonchev–Trinajstić information content (AvgIpc) is 3.17. The molecule has 0 aromatic carbocycles. The van der Waals surface area contributed by atoms with Gasteiger partial charge in [0, 0.05) is 24.7 Å². The number of carbonyl (C=O) groups is 2. The molecule has 1 saturated heterocycles. The fourth-order valence-electron chi connectivity index (χ4n) is 8.66. The van der Waals surface area contributed by atoms with E-state index in [1.54, 1.807) is 0 Å². The summed E-state index contributed by atoms with van der Waals surface area (Å²) in [6.07, 6.45) is 9.62. The highest BCUT2D eigenvalue weighted by Crippen LogP contribution is 2.74. The number of ketones is 1. The van der Waals surface area contributed by atoms with Crippen molar-refractivity contribution in [3.05, 3.63) is 0 Å². The van der Waals surface area contributed by atoms with E-state index in [9.17, 15) is 9.59 Å². The Morgan fingerprint density at radius 1 is 0.958 bits per heavy atom. The number of carbonyl (C=O) groups excluding carboxylic acids is 2. The van der Waals surface area contributed by atoms with Crippen molar-refractivity contribution in [2.45, 2.75) is 70.3 Å². The first kappa shape index (κ1) is 14.3. The minimum absolute atomic E-state index is 0.0682. The zero-order valence-electron chi connectivity index (χ0n) is 14.6. The van der Waals surface area contributed by atoms with Crippen LogP contribution in [0.5, 0.6) is 0 Å². The summed E-state index contributed by atoms with van der Waals surface area (Å²) < 4.78 is 6.09. The number of ether oxygens (including phenoxy) is 1. The third-order valence-electron chi connectivity index (χ3n) is 9.62. The Morgan fingerprint density at radius 3 is 2.71 bits per heavy atom. The van der Waals surface area contributed by atoms with Gasteiger partial charge in [-0.2, -0.15) is 0 Å². The highest BCUT2D eigenvalue weighted by atomic mass is 16.6. The minimum Gasteiger partial charge on any atom is -0.458 e. The van der Waals surface area contributed by atoms with Crippen LogP contribution in [0.25, 0.3) is 0 Å². The van der Waals surface area contributed by atoms with Gasteiger partial charge in [-0.1, -0.05) is 6.92 Å². The van der Waals surface area contributed by atoms with Crippen LogP contribution in [-0.2, 0) is 14.3 Å². The zero-order chi connectivity index (χ0) is 16.3. The molecule has 6 rings (SSSR count). The largest absolute Gasteiger partial charge is 0.458 e. The predicted molar refractivity (Wildman–Crippen MR) is 87.9 cm³/mol. The second kappa shape index (κ2) is 4.27. The molecule has 5 saturated carbocycles. The van der Waals surface area contributed by atoms with Crippen LogP contribution in [-0.4, -0.2) is 17.4 Å². The zero-order valence-corrected chi connectivity index (χ0v) is 14.6. The first-order valence-electron chi connectivity index (χ1n) is 10.3. The van der Waals surface area contributed by atoms with Crippen LogP contribution in [0.2, 0.25) is 0 Å². The van der Waals surface area contributed by atoms with E-state index in [2.05, 4.69) is 6.92 Å². The highest BCUT2D eigenvalue weighted by Gasteiger charge is 2.72. The molecule has 1 heterocycles. The molecule has 0 radical (unpaired) electrons. The maximum atomic E-state index is 12.1. The van der Waals surface area contributed by atoms with Gasteiger partial charge in [0.15, 0.2) is 0 Å². The minimum atomic E-state index is -0.0843. The number of Topliss-reactive ketones (excluding diaryl/α,β-unsaturated/α-hetero) is 1. The molecule has 0 aromatic heterocycles. The topological polar surface area (TPSA) is 43.4 Å². The number of hydrogen-bond acceptors (Lipinski definition) is 3. The van der Waals surface area contributed by atoms with Crippen molar-refractivity contribution in [3.63, 3.8) is 0 Å². The molecular weight excluding hydrogens is 300 g/mol. The molecule has 9 atom stereocenters. The van der Waals surface area contributed by atoms with E-state index in [4.69, 9.17) is 4.74 Å². The van der Waals surface area contributed by atoms with Gasteiger partial charge in [-0.3, -0.25) is 9.59 Å². The molecule has 1 spiro atoms. The second-order valence-electron chi connectivity index (χ2n) is 10.2. The fraction of sp³-hybridized carbons (Fsp3) is 0.905. The standard InChI is InChI=1S/C21H28O3/c1-20-6-4-12(22)9-17(20)13-10-14(13)19-15(20)5-7-21-11(2-3-16(19)21)8-18(23)24-21/h11,13-17,19H,2-10H2,1H3. The van der Waals surface area contributed by atoms with Gasteiger partial charge in [0.25, 0.3) is 0 Å². The Bertz CT molecular complexity index is 641. The molecule has 0 bridgehead atoms. The van der Waals surface area contributed by atoms with Crippen LogP contribution in [0.1, 0.15) is 64.7 Å². The lowest BCUT2D eigenvalue weighted by molar-refractivity contribution is -0.178. The Kier molecular flexibility index (Phi) is 2.55. The molecular formula is C21H28O3. The summed E-state index contributed by atoms with van der Waals surface area (Å²) in [7, 11) is 0. The van der Waals surface area contributed by atoms with Crippen LogP contribution >= 0.6 is 0 Å². The molecule has 3 heteroatoms. The predicted octanol–water partition coefficient (Wildman–Crippen LogP) is 3.75. The molecule has 5 aliphatic carbocycles. The first-order valence-corrected chi connectivity index (χ1v) is 10.3. The van der Waals surface area contributed by atoms with Gasteiger partial charge < -0.3 is 4.74 Å². The quantitative estimate of drug-likeness (QED) is 0.636. The molecule has 0 aromatic rings. The number of rotatable bonds is 0. The smallest absolute Gasteiger partial charge is 0.306 e. The van der Waals surface area contributed by atoms with Crippen molar-refractivity contribution in [2.75, 3.05) is 0 Å². The lowest BCUT2D eigenvalue weighted by Gasteiger charge is -2.59. The van der Waals surface area contributed by atoms with E-state index in [1.807, 2.05) is 0 Å². The van der Waals surface area contributed by atoms with Gasteiger partial charge in [-0.15, -0.1) is 0 Å². The molecule has 6 fully saturated rings. The SMILES string of the molecule is CC12CCC(=O)CC1C1CC1C1C2CCC23OC(=O)CC2CCC13. The average molecular weight is 328 g/mol. The van der Waals surface area contributed by atoms with Crippen molar-refractivity contribution < 1.29 is 14.3 Å². The van der Waals surface area contributed by atoms with Crippen molar-refractivity contribution in [2.24, 2.45) is 46.8 Å². The van der Waals surface area contributed by atoms with Crippen LogP contribution < -0.4 is 0 Å². The van der Waals surface area contributed by atoms with Gasteiger partial charge in [-0.05, 0) is 73.5 Å². The molecule has 1 aliphatic heterocycles.